The molecule has 4 heteroatoms. The largest absolute Gasteiger partial charge is 0.316 e. The summed E-state index contributed by atoms with van der Waals surface area (Å²) in [7, 11) is 1.95. The van der Waals surface area contributed by atoms with Crippen molar-refractivity contribution in [3.8, 4) is 0 Å². The van der Waals surface area contributed by atoms with Crippen LogP contribution in [0, 0.1) is 0 Å². The fourth-order valence-corrected chi connectivity index (χ4v) is 2.68. The van der Waals surface area contributed by atoms with E-state index in [1.807, 2.05) is 13.2 Å². The van der Waals surface area contributed by atoms with Crippen molar-refractivity contribution in [1.82, 2.24) is 9.69 Å². The summed E-state index contributed by atoms with van der Waals surface area (Å²) in [4.78, 5) is 0. The second kappa shape index (κ2) is 3.74. The zero-order valence-electron chi connectivity index (χ0n) is 7.17. The summed E-state index contributed by atoms with van der Waals surface area (Å²) >= 11 is 5.06. The Morgan fingerprint density at radius 2 is 2.38 bits per heavy atom. The highest BCUT2D eigenvalue weighted by Gasteiger charge is 2.03. The van der Waals surface area contributed by atoms with Crippen molar-refractivity contribution in [1.29, 1.82) is 0 Å². The number of fused-ring (bicyclic) bond motifs is 1. The first-order valence-corrected chi connectivity index (χ1v) is 5.55. The Balaban J connectivity index is 2.56. The molecule has 0 aliphatic carbocycles. The van der Waals surface area contributed by atoms with Crippen molar-refractivity contribution in [2.75, 3.05) is 7.05 Å². The highest BCUT2D eigenvalue weighted by Crippen LogP contribution is 2.28. The minimum Gasteiger partial charge on any atom is -0.316 e. The lowest BCUT2D eigenvalue weighted by Crippen LogP contribution is -2.04. The van der Waals surface area contributed by atoms with Gasteiger partial charge in [0.15, 0.2) is 0 Å². The van der Waals surface area contributed by atoms with Crippen molar-refractivity contribution >= 4 is 37.5 Å². The Bertz CT molecular complexity index is 424. The first-order chi connectivity index (χ1) is 6.31. The van der Waals surface area contributed by atoms with Gasteiger partial charge in [0.2, 0.25) is 0 Å². The van der Waals surface area contributed by atoms with E-state index in [1.54, 1.807) is 0 Å². The van der Waals surface area contributed by atoms with Gasteiger partial charge >= 0.3 is 0 Å². The van der Waals surface area contributed by atoms with Gasteiger partial charge in [-0.25, -0.2) is 0 Å². The zero-order chi connectivity index (χ0) is 9.26. The fourth-order valence-electron chi connectivity index (χ4n) is 1.31. The molecule has 68 valence electrons. The van der Waals surface area contributed by atoms with E-state index in [1.165, 1.54) is 27.2 Å². The molecule has 1 aromatic heterocycles. The average Bonchev–Trinajstić information content (AvgIpc) is 2.53. The molecular formula is C9H9BrN2S. The van der Waals surface area contributed by atoms with E-state index in [-0.39, 0.29) is 0 Å². The molecule has 1 heterocycles. The predicted octanol–water partition coefficient (Wildman–Crippen LogP) is 2.78. The third kappa shape index (κ3) is 1.75. The molecule has 0 radical (unpaired) electrons. The number of rotatable bonds is 2. The number of benzene rings is 1. The Labute approximate surface area is 89.3 Å². The van der Waals surface area contributed by atoms with E-state index in [9.17, 15) is 0 Å². The molecule has 0 saturated carbocycles. The van der Waals surface area contributed by atoms with E-state index in [0.717, 1.165) is 11.0 Å². The van der Waals surface area contributed by atoms with Crippen molar-refractivity contribution in [3.63, 3.8) is 0 Å². The number of aromatic nitrogens is 1. The van der Waals surface area contributed by atoms with E-state index in [2.05, 4.69) is 37.8 Å². The molecule has 1 aromatic carbocycles. The molecule has 13 heavy (non-hydrogen) atoms. The molecule has 0 aliphatic rings. The minimum atomic E-state index is 0.893. The standard InChI is InChI=1S/C9H9BrN2S/c1-11-4-6-2-7-5-12-13-9(7)8(10)3-6/h2-3,5,11H,4H2,1H3. The summed E-state index contributed by atoms with van der Waals surface area (Å²) < 4.78 is 6.51. The number of nitrogens with zero attached hydrogens (tertiary/aromatic N) is 1. The molecule has 0 aliphatic heterocycles. The summed E-state index contributed by atoms with van der Waals surface area (Å²) in [6.07, 6.45) is 1.91. The third-order valence-corrected chi connectivity index (χ3v) is 3.59. The number of nitrogens with one attached hydrogen (secondary N) is 1. The van der Waals surface area contributed by atoms with Crippen LogP contribution in [-0.4, -0.2) is 11.4 Å². The molecule has 0 bridgehead atoms. The van der Waals surface area contributed by atoms with Crippen LogP contribution in [0.2, 0.25) is 0 Å². The number of halogens is 1. The second-order valence-electron chi connectivity index (χ2n) is 2.85. The second-order valence-corrected chi connectivity index (χ2v) is 4.51. The average molecular weight is 257 g/mol. The summed E-state index contributed by atoms with van der Waals surface area (Å²) in [5, 5.41) is 4.34. The Morgan fingerprint density at radius 3 is 3.15 bits per heavy atom. The van der Waals surface area contributed by atoms with E-state index >= 15 is 0 Å². The van der Waals surface area contributed by atoms with Gasteiger partial charge in [-0.1, -0.05) is 0 Å². The van der Waals surface area contributed by atoms with Gasteiger partial charge in [0, 0.05) is 22.6 Å². The van der Waals surface area contributed by atoms with Gasteiger partial charge in [0.25, 0.3) is 0 Å². The Kier molecular flexibility index (Phi) is 2.62. The fraction of sp³-hybridized carbons (Fsp3) is 0.222. The van der Waals surface area contributed by atoms with Gasteiger partial charge in [-0.3, -0.25) is 0 Å². The maximum absolute atomic E-state index is 4.15. The number of hydrogen-bond donors (Lipinski definition) is 1. The predicted molar refractivity (Wildman–Crippen MR) is 60.1 cm³/mol. The normalized spacial score (nSPS) is 10.9. The van der Waals surface area contributed by atoms with Crippen LogP contribution in [0.3, 0.4) is 0 Å². The lowest BCUT2D eigenvalue weighted by atomic mass is 10.2. The van der Waals surface area contributed by atoms with Crippen LogP contribution in [0.1, 0.15) is 5.56 Å². The highest BCUT2D eigenvalue weighted by molar-refractivity contribution is 9.10. The SMILES string of the molecule is CNCc1cc(Br)c2sncc2c1. The molecule has 0 saturated heterocycles. The molecule has 0 spiro atoms. The molecule has 2 aromatic rings. The summed E-state index contributed by atoms with van der Waals surface area (Å²) in [6, 6.07) is 4.30. The van der Waals surface area contributed by atoms with Gasteiger partial charge < -0.3 is 5.32 Å². The third-order valence-electron chi connectivity index (χ3n) is 1.85. The minimum absolute atomic E-state index is 0.893. The lowest BCUT2D eigenvalue weighted by Gasteiger charge is -2.01. The number of hydrogen-bond acceptors (Lipinski definition) is 3. The Hall–Kier alpha value is -0.450. The monoisotopic (exact) mass is 256 g/mol. The summed E-state index contributed by atoms with van der Waals surface area (Å²) in [6.45, 7) is 0.893. The van der Waals surface area contributed by atoms with Gasteiger partial charge in [0.05, 0.1) is 4.70 Å². The van der Waals surface area contributed by atoms with Crippen LogP contribution in [0.4, 0.5) is 0 Å². The highest BCUT2D eigenvalue weighted by atomic mass is 79.9. The van der Waals surface area contributed by atoms with Gasteiger partial charge in [-0.05, 0) is 52.2 Å². The van der Waals surface area contributed by atoms with E-state index in [0.29, 0.717) is 0 Å². The van der Waals surface area contributed by atoms with Gasteiger partial charge in [-0.2, -0.15) is 4.37 Å². The maximum atomic E-state index is 4.15. The molecule has 2 nitrogen and oxygen atoms in total. The van der Waals surface area contributed by atoms with E-state index in [4.69, 9.17) is 0 Å². The molecule has 1 N–H and O–H groups in total. The molecule has 2 rings (SSSR count). The summed E-state index contributed by atoms with van der Waals surface area (Å²) in [5.74, 6) is 0. The molecule has 0 atom stereocenters. The zero-order valence-corrected chi connectivity index (χ0v) is 9.58. The molecule has 0 fully saturated rings. The quantitative estimate of drug-likeness (QED) is 0.894. The van der Waals surface area contributed by atoms with Crippen molar-refractivity contribution in [2.45, 2.75) is 6.54 Å². The van der Waals surface area contributed by atoms with Gasteiger partial charge in [-0.15, -0.1) is 0 Å². The lowest BCUT2D eigenvalue weighted by molar-refractivity contribution is 0.819. The summed E-state index contributed by atoms with van der Waals surface area (Å²) in [5.41, 5.74) is 1.28. The first kappa shape index (κ1) is 9.12. The smallest absolute Gasteiger partial charge is 0.0692 e. The van der Waals surface area contributed by atoms with Crippen LogP contribution in [0.5, 0.6) is 0 Å². The molecule has 0 amide bonds. The van der Waals surface area contributed by atoms with Crippen LogP contribution in [0.25, 0.3) is 10.1 Å². The van der Waals surface area contributed by atoms with Crippen LogP contribution >= 0.6 is 27.5 Å². The van der Waals surface area contributed by atoms with Crippen LogP contribution in [0.15, 0.2) is 22.8 Å². The van der Waals surface area contributed by atoms with Crippen molar-refractivity contribution in [2.24, 2.45) is 0 Å². The topological polar surface area (TPSA) is 24.9 Å². The van der Waals surface area contributed by atoms with Crippen LogP contribution < -0.4 is 5.32 Å². The van der Waals surface area contributed by atoms with Crippen molar-refractivity contribution < 1.29 is 0 Å². The first-order valence-electron chi connectivity index (χ1n) is 3.98. The Morgan fingerprint density at radius 1 is 1.54 bits per heavy atom. The van der Waals surface area contributed by atoms with Gasteiger partial charge in [0.1, 0.15) is 0 Å². The maximum Gasteiger partial charge on any atom is 0.0692 e. The van der Waals surface area contributed by atoms with E-state index < -0.39 is 0 Å². The molecular weight excluding hydrogens is 248 g/mol. The molecule has 0 unspecified atom stereocenters. The van der Waals surface area contributed by atoms with Crippen LogP contribution in [-0.2, 0) is 6.54 Å². The van der Waals surface area contributed by atoms with Crippen molar-refractivity contribution in [3.05, 3.63) is 28.4 Å².